The molecule has 2 fully saturated rings. The first-order valence-electron chi connectivity index (χ1n) is 11.0. The molecular weight excluding hydrogens is 458 g/mol. The molecule has 178 valence electrons. The first-order chi connectivity index (χ1) is 16.3. The molecule has 0 saturated carbocycles. The minimum absolute atomic E-state index is 0.105. The third-order valence-electron chi connectivity index (χ3n) is 6.62. The lowest BCUT2D eigenvalue weighted by molar-refractivity contribution is -0.142. The van der Waals surface area contributed by atoms with E-state index in [0.717, 1.165) is 4.90 Å². The first kappa shape index (κ1) is 23.8. The number of benzene rings is 2. The Morgan fingerprint density at radius 1 is 1.00 bits per heavy atom. The quantitative estimate of drug-likeness (QED) is 0.609. The number of likely N-dealkylation sites (tertiary alicyclic amines) is 1. The second-order valence-electron chi connectivity index (χ2n) is 8.58. The van der Waals surface area contributed by atoms with Gasteiger partial charge in [-0.1, -0.05) is 35.9 Å². The number of nitrogens with zero attached hydrogens (tertiary/aromatic N) is 3. The van der Waals surface area contributed by atoms with Crippen LogP contribution in [0.5, 0.6) is 5.75 Å². The molecule has 0 spiro atoms. The minimum atomic E-state index is -1.32. The zero-order chi connectivity index (χ0) is 24.5. The van der Waals surface area contributed by atoms with Crippen LogP contribution in [-0.2, 0) is 19.8 Å². The third kappa shape index (κ3) is 4.25. The normalized spacial score (nSPS) is 20.6. The molecule has 4 rings (SSSR count). The summed E-state index contributed by atoms with van der Waals surface area (Å²) in [6.07, 6.45) is -0.262. The van der Waals surface area contributed by atoms with Gasteiger partial charge in [0.25, 0.3) is 5.91 Å². The SMILES string of the molecule is COc1cccc(C(=O)N2CCN(C(=O)C[C@@]3(c4ccccc4Cl)CC(=O)N(C)C3=O)CC2)c1. The van der Waals surface area contributed by atoms with Gasteiger partial charge in [0.05, 0.1) is 12.5 Å². The number of carbonyl (C=O) groups excluding carboxylic acids is 4. The summed E-state index contributed by atoms with van der Waals surface area (Å²) in [6.45, 7) is 1.41. The fourth-order valence-corrected chi connectivity index (χ4v) is 4.96. The highest BCUT2D eigenvalue weighted by molar-refractivity contribution is 6.32. The number of hydrogen-bond donors (Lipinski definition) is 0. The third-order valence-corrected chi connectivity index (χ3v) is 6.95. The molecule has 0 unspecified atom stereocenters. The number of carbonyl (C=O) groups is 4. The average molecular weight is 484 g/mol. The number of piperazine rings is 1. The molecule has 1 atom stereocenters. The molecule has 0 aliphatic carbocycles. The van der Waals surface area contributed by atoms with Crippen molar-refractivity contribution in [2.45, 2.75) is 18.3 Å². The van der Waals surface area contributed by atoms with E-state index < -0.39 is 11.3 Å². The number of methoxy groups -OCH3 is 1. The lowest BCUT2D eigenvalue weighted by Crippen LogP contribution is -2.52. The van der Waals surface area contributed by atoms with Crippen LogP contribution in [0, 0.1) is 0 Å². The Balaban J connectivity index is 1.48. The maximum Gasteiger partial charge on any atom is 0.254 e. The van der Waals surface area contributed by atoms with Gasteiger partial charge >= 0.3 is 0 Å². The molecule has 9 heteroatoms. The van der Waals surface area contributed by atoms with Crippen molar-refractivity contribution >= 4 is 35.2 Å². The highest BCUT2D eigenvalue weighted by Crippen LogP contribution is 2.42. The molecule has 0 N–H and O–H groups in total. The lowest BCUT2D eigenvalue weighted by atomic mass is 9.75. The number of amides is 4. The Hall–Kier alpha value is -3.39. The van der Waals surface area contributed by atoms with Crippen LogP contribution >= 0.6 is 11.6 Å². The molecule has 2 saturated heterocycles. The molecule has 0 radical (unpaired) electrons. The van der Waals surface area contributed by atoms with Crippen LogP contribution in [0.15, 0.2) is 48.5 Å². The largest absolute Gasteiger partial charge is 0.497 e. The van der Waals surface area contributed by atoms with Crippen molar-refractivity contribution in [3.63, 3.8) is 0 Å². The van der Waals surface area contributed by atoms with Crippen LogP contribution in [0.2, 0.25) is 5.02 Å². The molecule has 0 aromatic heterocycles. The number of hydrogen-bond acceptors (Lipinski definition) is 5. The van der Waals surface area contributed by atoms with Gasteiger partial charge in [-0.15, -0.1) is 0 Å². The Labute approximate surface area is 203 Å². The topological polar surface area (TPSA) is 87.2 Å². The predicted octanol–water partition coefficient (Wildman–Crippen LogP) is 2.35. The van der Waals surface area contributed by atoms with Gasteiger partial charge in [0.1, 0.15) is 5.75 Å². The Kier molecular flexibility index (Phi) is 6.61. The van der Waals surface area contributed by atoms with Gasteiger partial charge in [0.15, 0.2) is 0 Å². The zero-order valence-corrected chi connectivity index (χ0v) is 19.9. The fourth-order valence-electron chi connectivity index (χ4n) is 4.65. The van der Waals surface area contributed by atoms with Crippen molar-refractivity contribution in [1.82, 2.24) is 14.7 Å². The Morgan fingerprint density at radius 2 is 1.68 bits per heavy atom. The van der Waals surface area contributed by atoms with Crippen LogP contribution in [-0.4, -0.2) is 78.7 Å². The van der Waals surface area contributed by atoms with E-state index >= 15 is 0 Å². The second-order valence-corrected chi connectivity index (χ2v) is 8.99. The van der Waals surface area contributed by atoms with Crippen molar-refractivity contribution in [2.24, 2.45) is 0 Å². The average Bonchev–Trinajstić information content (AvgIpc) is 3.07. The van der Waals surface area contributed by atoms with Gasteiger partial charge in [-0.05, 0) is 29.8 Å². The summed E-state index contributed by atoms with van der Waals surface area (Å²) in [5.74, 6) is -0.538. The molecule has 2 heterocycles. The summed E-state index contributed by atoms with van der Waals surface area (Å²) >= 11 is 6.40. The summed E-state index contributed by atoms with van der Waals surface area (Å²) in [6, 6.07) is 13.8. The Bertz CT molecular complexity index is 1140. The summed E-state index contributed by atoms with van der Waals surface area (Å²) < 4.78 is 5.19. The van der Waals surface area contributed by atoms with E-state index in [4.69, 9.17) is 16.3 Å². The van der Waals surface area contributed by atoms with Crippen LogP contribution in [0.4, 0.5) is 0 Å². The van der Waals surface area contributed by atoms with Crippen LogP contribution in [0.3, 0.4) is 0 Å². The standard InChI is InChI=1S/C25H26ClN3O5/c1-27-21(30)15-25(24(27)33,19-8-3-4-9-20(19)26)16-22(31)28-10-12-29(13-11-28)23(32)17-6-5-7-18(14-17)34-2/h3-9,14H,10-13,15-16H2,1-2H3/t25-/m1/s1. The van der Waals surface area contributed by atoms with Crippen LogP contribution in [0.25, 0.3) is 0 Å². The lowest BCUT2D eigenvalue weighted by Gasteiger charge is -2.37. The van der Waals surface area contributed by atoms with E-state index in [9.17, 15) is 19.2 Å². The monoisotopic (exact) mass is 483 g/mol. The minimum Gasteiger partial charge on any atom is -0.497 e. The van der Waals surface area contributed by atoms with Crippen LogP contribution in [0.1, 0.15) is 28.8 Å². The van der Waals surface area contributed by atoms with Crippen LogP contribution < -0.4 is 4.74 Å². The summed E-state index contributed by atoms with van der Waals surface area (Å²) in [5, 5.41) is 0.348. The number of ether oxygens (including phenoxy) is 1. The number of halogens is 1. The highest BCUT2D eigenvalue weighted by Gasteiger charge is 2.53. The summed E-state index contributed by atoms with van der Waals surface area (Å²) in [5.41, 5.74) is -0.316. The summed E-state index contributed by atoms with van der Waals surface area (Å²) in [4.78, 5) is 56.2. The zero-order valence-electron chi connectivity index (χ0n) is 19.1. The molecule has 34 heavy (non-hydrogen) atoms. The van der Waals surface area contributed by atoms with E-state index in [-0.39, 0.29) is 30.6 Å². The van der Waals surface area contributed by atoms with E-state index in [1.807, 2.05) is 0 Å². The van der Waals surface area contributed by atoms with Gasteiger partial charge in [-0.3, -0.25) is 24.1 Å². The van der Waals surface area contributed by atoms with Crippen molar-refractivity contribution in [3.8, 4) is 5.75 Å². The molecule has 2 aliphatic rings. The van der Waals surface area contributed by atoms with Crippen molar-refractivity contribution < 1.29 is 23.9 Å². The maximum atomic E-state index is 13.3. The molecule has 2 aromatic rings. The molecule has 2 aromatic carbocycles. The van der Waals surface area contributed by atoms with Gasteiger partial charge < -0.3 is 14.5 Å². The predicted molar refractivity (Wildman–Crippen MR) is 126 cm³/mol. The molecule has 8 nitrogen and oxygen atoms in total. The van der Waals surface area contributed by atoms with Gasteiger partial charge in [0.2, 0.25) is 17.7 Å². The van der Waals surface area contributed by atoms with E-state index in [2.05, 4.69) is 0 Å². The van der Waals surface area contributed by atoms with E-state index in [1.165, 1.54) is 7.05 Å². The highest BCUT2D eigenvalue weighted by atomic mass is 35.5. The first-order valence-corrected chi connectivity index (χ1v) is 11.4. The van der Waals surface area contributed by atoms with E-state index in [0.29, 0.717) is 48.1 Å². The van der Waals surface area contributed by atoms with E-state index in [1.54, 1.807) is 65.4 Å². The van der Waals surface area contributed by atoms with Gasteiger partial charge in [0, 0.05) is 56.7 Å². The number of imide groups is 1. The molecule has 2 aliphatic heterocycles. The fraction of sp³-hybridized carbons (Fsp3) is 0.360. The maximum absolute atomic E-state index is 13.3. The molecular formula is C25H26ClN3O5. The smallest absolute Gasteiger partial charge is 0.254 e. The molecule has 4 amide bonds. The van der Waals surface area contributed by atoms with Crippen molar-refractivity contribution in [3.05, 3.63) is 64.7 Å². The second kappa shape index (κ2) is 9.46. The number of likely N-dealkylation sites (N-methyl/N-ethyl adjacent to an activating group) is 1. The molecule has 0 bridgehead atoms. The van der Waals surface area contributed by atoms with Crippen molar-refractivity contribution in [1.29, 1.82) is 0 Å². The summed E-state index contributed by atoms with van der Waals surface area (Å²) in [7, 11) is 2.97. The Morgan fingerprint density at radius 3 is 2.29 bits per heavy atom. The van der Waals surface area contributed by atoms with Gasteiger partial charge in [-0.2, -0.15) is 0 Å². The van der Waals surface area contributed by atoms with Crippen molar-refractivity contribution in [2.75, 3.05) is 40.3 Å². The van der Waals surface area contributed by atoms with Gasteiger partial charge in [-0.25, -0.2) is 0 Å². The number of rotatable bonds is 5.